The van der Waals surface area contributed by atoms with Crippen LogP contribution >= 0.6 is 0 Å². The summed E-state index contributed by atoms with van der Waals surface area (Å²) in [6, 6.07) is 5.39. The third kappa shape index (κ3) is 3.95. The van der Waals surface area contributed by atoms with Gasteiger partial charge >= 0.3 is 0 Å². The van der Waals surface area contributed by atoms with Crippen LogP contribution in [0.1, 0.15) is 29.5 Å². The number of methoxy groups -OCH3 is 1. The van der Waals surface area contributed by atoms with Gasteiger partial charge in [0, 0.05) is 51.3 Å². The van der Waals surface area contributed by atoms with Crippen LogP contribution < -0.4 is 5.32 Å². The summed E-state index contributed by atoms with van der Waals surface area (Å²) in [7, 11) is 3.51. The van der Waals surface area contributed by atoms with Gasteiger partial charge in [-0.15, -0.1) is 0 Å². The molecule has 2 atom stereocenters. The van der Waals surface area contributed by atoms with E-state index in [1.807, 2.05) is 30.4 Å². The van der Waals surface area contributed by atoms with Gasteiger partial charge in [-0.05, 0) is 12.1 Å². The zero-order valence-electron chi connectivity index (χ0n) is 15.0. The highest BCUT2D eigenvalue weighted by Gasteiger charge is 2.40. The number of aryl methyl sites for hydroxylation is 1. The average molecular weight is 357 g/mol. The number of aromatic nitrogens is 2. The first kappa shape index (κ1) is 18.2. The molecule has 1 aliphatic heterocycles. The minimum absolute atomic E-state index is 0.0230. The summed E-state index contributed by atoms with van der Waals surface area (Å²) in [4.78, 5) is 14.4. The van der Waals surface area contributed by atoms with E-state index in [1.165, 1.54) is 0 Å². The van der Waals surface area contributed by atoms with Gasteiger partial charge in [-0.2, -0.15) is 10.4 Å². The van der Waals surface area contributed by atoms with Gasteiger partial charge in [0.1, 0.15) is 11.8 Å². The Kier molecular flexibility index (Phi) is 5.71. The van der Waals surface area contributed by atoms with Gasteiger partial charge in [0.25, 0.3) is 0 Å². The number of carbonyl (C=O) groups is 1. The van der Waals surface area contributed by atoms with Crippen molar-refractivity contribution >= 4 is 5.91 Å². The number of nitrogens with one attached hydrogen (secondary N) is 1. The molecule has 0 aromatic carbocycles. The fourth-order valence-corrected chi connectivity index (χ4v) is 3.46. The lowest BCUT2D eigenvalue weighted by molar-refractivity contribution is -0.129. The van der Waals surface area contributed by atoms with Crippen LogP contribution in [0.15, 0.2) is 28.9 Å². The van der Waals surface area contributed by atoms with Crippen LogP contribution in [0.4, 0.5) is 0 Å². The minimum atomic E-state index is -0.0230. The van der Waals surface area contributed by atoms with E-state index in [-0.39, 0.29) is 17.9 Å². The van der Waals surface area contributed by atoms with Crippen molar-refractivity contribution < 1.29 is 13.9 Å². The summed E-state index contributed by atoms with van der Waals surface area (Å²) in [6.45, 7) is 2.25. The maximum absolute atomic E-state index is 12.5. The van der Waals surface area contributed by atoms with Crippen LogP contribution in [0.25, 0.3) is 0 Å². The molecule has 1 fully saturated rings. The van der Waals surface area contributed by atoms with E-state index in [1.54, 1.807) is 23.9 Å². The molecule has 0 radical (unpaired) electrons. The number of hydrogen-bond donors (Lipinski definition) is 1. The molecular weight excluding hydrogens is 334 g/mol. The lowest BCUT2D eigenvalue weighted by atomic mass is 9.95. The highest BCUT2D eigenvalue weighted by atomic mass is 16.5. The summed E-state index contributed by atoms with van der Waals surface area (Å²) < 4.78 is 12.3. The Morgan fingerprint density at radius 2 is 2.35 bits per heavy atom. The van der Waals surface area contributed by atoms with Gasteiger partial charge in [-0.25, -0.2) is 0 Å². The van der Waals surface area contributed by atoms with Gasteiger partial charge in [-0.3, -0.25) is 9.48 Å². The number of hydrogen-bond acceptors (Lipinski definition) is 6. The highest BCUT2D eigenvalue weighted by molar-refractivity contribution is 5.79. The van der Waals surface area contributed by atoms with E-state index in [0.29, 0.717) is 44.2 Å². The van der Waals surface area contributed by atoms with Crippen molar-refractivity contribution in [2.75, 3.05) is 26.8 Å². The van der Waals surface area contributed by atoms with Crippen molar-refractivity contribution in [3.05, 3.63) is 41.6 Å². The molecule has 0 saturated carbocycles. The maximum Gasteiger partial charge on any atom is 0.223 e. The monoisotopic (exact) mass is 357 g/mol. The molecule has 0 aliphatic carbocycles. The van der Waals surface area contributed by atoms with Gasteiger partial charge in [0.05, 0.1) is 25.4 Å². The average Bonchev–Trinajstić information content (AvgIpc) is 3.32. The van der Waals surface area contributed by atoms with E-state index in [9.17, 15) is 4.79 Å². The van der Waals surface area contributed by atoms with Gasteiger partial charge < -0.3 is 19.4 Å². The SMILES string of the molecule is COCCN1C(=O)C[C@@H](CNCc2ccc(C#N)o2)[C@@H]1c1cnn(C)c1. The number of carbonyl (C=O) groups excluding carboxylic acids is 1. The quantitative estimate of drug-likeness (QED) is 0.763. The smallest absolute Gasteiger partial charge is 0.223 e. The second-order valence-corrected chi connectivity index (χ2v) is 6.44. The largest absolute Gasteiger partial charge is 0.449 e. The van der Waals surface area contributed by atoms with Crippen molar-refractivity contribution in [3.8, 4) is 6.07 Å². The molecule has 1 aliphatic rings. The molecule has 8 nitrogen and oxygen atoms in total. The number of amides is 1. The van der Waals surface area contributed by atoms with Crippen LogP contribution in [-0.2, 0) is 23.1 Å². The van der Waals surface area contributed by atoms with Crippen LogP contribution in [0, 0.1) is 17.2 Å². The summed E-state index contributed by atoms with van der Waals surface area (Å²) in [5, 5.41) is 16.4. The Hall–Kier alpha value is -2.63. The second-order valence-electron chi connectivity index (χ2n) is 6.44. The molecule has 138 valence electrons. The summed E-state index contributed by atoms with van der Waals surface area (Å²) in [6.07, 6.45) is 4.27. The Balaban J connectivity index is 1.67. The first-order valence-electron chi connectivity index (χ1n) is 8.59. The van der Waals surface area contributed by atoms with Gasteiger partial charge in [-0.1, -0.05) is 0 Å². The topological polar surface area (TPSA) is 96.3 Å². The first-order chi connectivity index (χ1) is 12.6. The zero-order chi connectivity index (χ0) is 18.5. The Labute approximate surface area is 152 Å². The van der Waals surface area contributed by atoms with Crippen molar-refractivity contribution in [2.45, 2.75) is 19.0 Å². The number of likely N-dealkylation sites (tertiary alicyclic amines) is 1. The molecule has 0 unspecified atom stereocenters. The molecular formula is C18H23N5O3. The first-order valence-corrected chi connectivity index (χ1v) is 8.59. The summed E-state index contributed by atoms with van der Waals surface area (Å²) >= 11 is 0. The van der Waals surface area contributed by atoms with Crippen molar-refractivity contribution in [1.82, 2.24) is 20.0 Å². The Morgan fingerprint density at radius 3 is 3.00 bits per heavy atom. The highest BCUT2D eigenvalue weighted by Crippen LogP contribution is 2.37. The molecule has 1 N–H and O–H groups in total. The fraction of sp³-hybridized carbons (Fsp3) is 0.500. The van der Waals surface area contributed by atoms with Gasteiger partial charge in [0.15, 0.2) is 0 Å². The van der Waals surface area contributed by atoms with Crippen molar-refractivity contribution in [3.63, 3.8) is 0 Å². The van der Waals surface area contributed by atoms with E-state index in [2.05, 4.69) is 10.4 Å². The zero-order valence-corrected chi connectivity index (χ0v) is 15.0. The van der Waals surface area contributed by atoms with Crippen molar-refractivity contribution in [1.29, 1.82) is 5.26 Å². The lowest BCUT2D eigenvalue weighted by Gasteiger charge is -2.27. The number of rotatable bonds is 8. The molecule has 3 heterocycles. The van der Waals surface area contributed by atoms with Crippen LogP contribution in [0.3, 0.4) is 0 Å². The van der Waals surface area contributed by atoms with E-state index in [4.69, 9.17) is 14.4 Å². The second kappa shape index (κ2) is 8.17. The standard InChI is InChI=1S/C18H23N5O3/c1-22-12-14(10-21-22)18-13(7-17(24)23(18)5-6-25-2)9-20-11-16-4-3-15(8-19)26-16/h3-4,10,12-13,18,20H,5-7,9,11H2,1-2H3/t13-,18+/m0/s1. The van der Waals surface area contributed by atoms with Crippen LogP contribution in [0.5, 0.6) is 0 Å². The number of furan rings is 1. The predicted molar refractivity (Wildman–Crippen MR) is 92.8 cm³/mol. The molecule has 0 bridgehead atoms. The molecule has 2 aromatic heterocycles. The number of nitriles is 1. The molecule has 1 saturated heterocycles. The minimum Gasteiger partial charge on any atom is -0.449 e. The van der Waals surface area contributed by atoms with Crippen molar-refractivity contribution in [2.24, 2.45) is 13.0 Å². The Bertz CT molecular complexity index is 791. The number of nitrogens with zero attached hydrogens (tertiary/aromatic N) is 4. The van der Waals surface area contributed by atoms with E-state index < -0.39 is 0 Å². The molecule has 3 rings (SSSR count). The van der Waals surface area contributed by atoms with Crippen LogP contribution in [-0.4, -0.2) is 47.4 Å². The molecule has 8 heteroatoms. The predicted octanol–water partition coefficient (Wildman–Crippen LogP) is 1.21. The fourth-order valence-electron chi connectivity index (χ4n) is 3.46. The molecule has 0 spiro atoms. The maximum atomic E-state index is 12.5. The summed E-state index contributed by atoms with van der Waals surface area (Å²) in [5.74, 6) is 1.28. The van der Waals surface area contributed by atoms with E-state index in [0.717, 1.165) is 5.56 Å². The molecule has 1 amide bonds. The van der Waals surface area contributed by atoms with Gasteiger partial charge in [0.2, 0.25) is 11.7 Å². The third-order valence-corrected chi connectivity index (χ3v) is 4.62. The molecule has 2 aromatic rings. The lowest BCUT2D eigenvalue weighted by Crippen LogP contribution is -2.33. The summed E-state index contributed by atoms with van der Waals surface area (Å²) in [5.41, 5.74) is 1.03. The van der Waals surface area contributed by atoms with E-state index >= 15 is 0 Å². The normalized spacial score (nSPS) is 19.9. The molecule has 26 heavy (non-hydrogen) atoms. The Morgan fingerprint density at radius 1 is 1.50 bits per heavy atom. The third-order valence-electron chi connectivity index (χ3n) is 4.62. The number of ether oxygens (including phenoxy) is 1. The van der Waals surface area contributed by atoms with Crippen LogP contribution in [0.2, 0.25) is 0 Å².